The highest BCUT2D eigenvalue weighted by atomic mass is 19.4. The maximum atomic E-state index is 14.7. The third-order valence-corrected chi connectivity index (χ3v) is 6.88. The number of ether oxygens (including phenoxy) is 1. The first-order chi connectivity index (χ1) is 17.8. The summed E-state index contributed by atoms with van der Waals surface area (Å²) in [4.78, 5) is 27.1. The Morgan fingerprint density at radius 1 is 0.921 bits per heavy atom. The van der Waals surface area contributed by atoms with Gasteiger partial charge in [0.25, 0.3) is 5.56 Å². The number of hydrogen-bond donors (Lipinski definition) is 1. The standard InChI is InChI=1S/C24H20F7N3O4/c25-16-3-1-2-15(23(26,27)28)14(16)11-33-17-12-37-22(6-8-32-9-7-22)19(17)20(35)34(21(33)36)10-13-4-5-18(38-13)24(29,30)31/h1-5,32H,6-12H2. The van der Waals surface area contributed by atoms with Crippen LogP contribution in [0.4, 0.5) is 30.7 Å². The van der Waals surface area contributed by atoms with Gasteiger partial charge in [0.05, 0.1) is 36.5 Å². The van der Waals surface area contributed by atoms with Crippen molar-refractivity contribution in [2.75, 3.05) is 13.1 Å². The van der Waals surface area contributed by atoms with Crippen molar-refractivity contribution in [2.45, 2.75) is 50.5 Å². The number of alkyl halides is 6. The molecule has 1 aromatic carbocycles. The number of aromatic nitrogens is 2. The van der Waals surface area contributed by atoms with Crippen molar-refractivity contribution in [2.24, 2.45) is 0 Å². The zero-order chi connectivity index (χ0) is 27.5. The van der Waals surface area contributed by atoms with Crippen molar-refractivity contribution < 1.29 is 39.9 Å². The molecule has 2 aliphatic heterocycles. The van der Waals surface area contributed by atoms with Gasteiger partial charge in [-0.3, -0.25) is 13.9 Å². The van der Waals surface area contributed by atoms with Crippen LogP contribution in [0.5, 0.6) is 0 Å². The number of halogens is 7. The van der Waals surface area contributed by atoms with Crippen molar-refractivity contribution in [1.29, 1.82) is 0 Å². The van der Waals surface area contributed by atoms with Crippen LogP contribution in [0.15, 0.2) is 44.3 Å². The Hall–Kier alpha value is -3.39. The van der Waals surface area contributed by atoms with E-state index in [9.17, 15) is 40.3 Å². The van der Waals surface area contributed by atoms with Crippen molar-refractivity contribution in [3.05, 3.63) is 90.9 Å². The molecule has 1 saturated heterocycles. The molecule has 204 valence electrons. The summed E-state index contributed by atoms with van der Waals surface area (Å²) in [6.45, 7) is -1.01. The summed E-state index contributed by atoms with van der Waals surface area (Å²) < 4.78 is 107. The van der Waals surface area contributed by atoms with Gasteiger partial charge < -0.3 is 14.5 Å². The topological polar surface area (TPSA) is 78.4 Å². The summed E-state index contributed by atoms with van der Waals surface area (Å²) in [5.41, 5.74) is -5.24. The van der Waals surface area contributed by atoms with Crippen molar-refractivity contribution in [1.82, 2.24) is 14.5 Å². The average Bonchev–Trinajstić information content (AvgIpc) is 3.46. The number of hydrogen-bond acceptors (Lipinski definition) is 5. The van der Waals surface area contributed by atoms with Gasteiger partial charge in [-0.1, -0.05) is 6.07 Å². The molecular formula is C24H20F7N3O4. The molecule has 3 aromatic rings. The second-order valence-electron chi connectivity index (χ2n) is 9.14. The molecule has 1 spiro atoms. The van der Waals surface area contributed by atoms with E-state index in [2.05, 4.69) is 5.32 Å². The van der Waals surface area contributed by atoms with E-state index < -0.39 is 65.0 Å². The number of nitrogens with one attached hydrogen (secondary N) is 1. The maximum Gasteiger partial charge on any atom is 0.449 e. The smallest absolute Gasteiger partial charge is 0.449 e. The minimum absolute atomic E-state index is 0.00459. The summed E-state index contributed by atoms with van der Waals surface area (Å²) in [6.07, 6.45) is -9.14. The molecule has 2 aromatic heterocycles. The first kappa shape index (κ1) is 26.2. The Morgan fingerprint density at radius 3 is 2.26 bits per heavy atom. The predicted molar refractivity (Wildman–Crippen MR) is 117 cm³/mol. The number of nitrogens with zero attached hydrogens (tertiary/aromatic N) is 2. The zero-order valence-corrected chi connectivity index (χ0v) is 19.5. The van der Waals surface area contributed by atoms with Crippen LogP contribution >= 0.6 is 0 Å². The molecule has 2 aliphatic rings. The van der Waals surface area contributed by atoms with Crippen LogP contribution in [0.1, 0.15) is 46.7 Å². The summed E-state index contributed by atoms with van der Waals surface area (Å²) in [5, 5.41) is 3.10. The van der Waals surface area contributed by atoms with Crippen LogP contribution in [0.25, 0.3) is 0 Å². The summed E-state index contributed by atoms with van der Waals surface area (Å²) in [5.74, 6) is -2.93. The molecule has 1 fully saturated rings. The zero-order valence-electron chi connectivity index (χ0n) is 19.5. The van der Waals surface area contributed by atoms with E-state index in [1.165, 1.54) is 0 Å². The van der Waals surface area contributed by atoms with Gasteiger partial charge in [-0.15, -0.1) is 0 Å². The molecule has 5 rings (SSSR count). The van der Waals surface area contributed by atoms with E-state index in [1.807, 2.05) is 0 Å². The molecule has 38 heavy (non-hydrogen) atoms. The van der Waals surface area contributed by atoms with Gasteiger partial charge in [0.1, 0.15) is 17.2 Å². The largest absolute Gasteiger partial charge is 0.455 e. The lowest BCUT2D eigenvalue weighted by Crippen LogP contribution is -2.48. The van der Waals surface area contributed by atoms with Gasteiger partial charge in [0.15, 0.2) is 0 Å². The fourth-order valence-corrected chi connectivity index (χ4v) is 5.07. The van der Waals surface area contributed by atoms with Crippen molar-refractivity contribution in [3.8, 4) is 0 Å². The molecule has 0 saturated carbocycles. The van der Waals surface area contributed by atoms with Gasteiger partial charge in [-0.05, 0) is 50.2 Å². The lowest BCUT2D eigenvalue weighted by molar-refractivity contribution is -0.153. The molecule has 0 amide bonds. The van der Waals surface area contributed by atoms with Gasteiger partial charge in [-0.2, -0.15) is 26.3 Å². The monoisotopic (exact) mass is 547 g/mol. The lowest BCUT2D eigenvalue weighted by Gasteiger charge is -2.33. The summed E-state index contributed by atoms with van der Waals surface area (Å²) in [6, 6.07) is 3.96. The molecule has 0 atom stereocenters. The quantitative estimate of drug-likeness (QED) is 0.500. The summed E-state index contributed by atoms with van der Waals surface area (Å²) in [7, 11) is 0. The minimum atomic E-state index is -4.94. The highest BCUT2D eigenvalue weighted by molar-refractivity contribution is 5.35. The maximum absolute atomic E-state index is 14.7. The molecule has 0 radical (unpaired) electrons. The third kappa shape index (κ3) is 4.45. The minimum Gasteiger partial charge on any atom is -0.455 e. The molecule has 14 heteroatoms. The Labute approximate surface area is 209 Å². The highest BCUT2D eigenvalue weighted by Gasteiger charge is 2.46. The molecule has 0 aliphatic carbocycles. The van der Waals surface area contributed by atoms with Gasteiger partial charge in [0, 0.05) is 5.56 Å². The second kappa shape index (κ2) is 9.12. The van der Waals surface area contributed by atoms with Crippen LogP contribution in [0, 0.1) is 5.82 Å². The van der Waals surface area contributed by atoms with E-state index in [1.54, 1.807) is 0 Å². The van der Waals surface area contributed by atoms with Crippen LogP contribution in [-0.4, -0.2) is 22.2 Å². The van der Waals surface area contributed by atoms with Crippen molar-refractivity contribution in [3.63, 3.8) is 0 Å². The first-order valence-electron chi connectivity index (χ1n) is 11.5. The molecule has 7 nitrogen and oxygen atoms in total. The number of fused-ring (bicyclic) bond motifs is 2. The fourth-order valence-electron chi connectivity index (χ4n) is 5.07. The lowest BCUT2D eigenvalue weighted by atomic mass is 9.86. The number of furan rings is 1. The van der Waals surface area contributed by atoms with Crippen LogP contribution in [0.3, 0.4) is 0 Å². The first-order valence-corrected chi connectivity index (χ1v) is 11.5. The normalized spacial score (nSPS) is 17.2. The SMILES string of the molecule is O=c1c2c(n(Cc3c(F)cccc3C(F)(F)F)c(=O)n1Cc1ccc(C(F)(F)F)o1)COC21CCNCC1. The Kier molecular flexibility index (Phi) is 6.29. The fraction of sp³-hybridized carbons (Fsp3) is 0.417. The van der Waals surface area contributed by atoms with E-state index in [4.69, 9.17) is 9.15 Å². The molecule has 4 heterocycles. The summed E-state index contributed by atoms with van der Waals surface area (Å²) >= 11 is 0. The van der Waals surface area contributed by atoms with Crippen LogP contribution in [0.2, 0.25) is 0 Å². The number of rotatable bonds is 4. The Morgan fingerprint density at radius 2 is 1.63 bits per heavy atom. The van der Waals surface area contributed by atoms with Gasteiger partial charge in [0.2, 0.25) is 5.76 Å². The van der Waals surface area contributed by atoms with Gasteiger partial charge in [-0.25, -0.2) is 9.18 Å². The molecule has 0 unspecified atom stereocenters. The van der Waals surface area contributed by atoms with E-state index >= 15 is 0 Å². The van der Waals surface area contributed by atoms with E-state index in [0.717, 1.165) is 22.8 Å². The van der Waals surface area contributed by atoms with Crippen LogP contribution < -0.4 is 16.6 Å². The Bertz CT molecular complexity index is 1490. The van der Waals surface area contributed by atoms with E-state index in [0.29, 0.717) is 42.6 Å². The number of piperidine rings is 1. The van der Waals surface area contributed by atoms with E-state index in [-0.39, 0.29) is 23.6 Å². The molecular weight excluding hydrogens is 527 g/mol. The predicted octanol–water partition coefficient (Wildman–Crippen LogP) is 3.99. The Balaban J connectivity index is 1.70. The highest BCUT2D eigenvalue weighted by Crippen LogP contribution is 2.41. The molecule has 1 N–H and O–H groups in total. The van der Waals surface area contributed by atoms with Crippen LogP contribution in [-0.2, 0) is 42.4 Å². The van der Waals surface area contributed by atoms with Gasteiger partial charge >= 0.3 is 18.0 Å². The second-order valence-corrected chi connectivity index (χ2v) is 9.14. The average molecular weight is 547 g/mol. The molecule has 0 bridgehead atoms. The number of benzene rings is 1. The van der Waals surface area contributed by atoms with Crippen molar-refractivity contribution >= 4 is 0 Å². The third-order valence-electron chi connectivity index (χ3n) is 6.88.